The van der Waals surface area contributed by atoms with Gasteiger partial charge in [0.2, 0.25) is 5.96 Å². The first-order valence-corrected chi connectivity index (χ1v) is 5.43. The van der Waals surface area contributed by atoms with Gasteiger partial charge < -0.3 is 11.5 Å². The van der Waals surface area contributed by atoms with Crippen LogP contribution in [-0.4, -0.2) is 11.7 Å². The molecule has 1 aromatic carbocycles. The Labute approximate surface area is 95.1 Å². The maximum absolute atomic E-state index is 5.29. The average Bonchev–Trinajstić information content (AvgIpc) is 2.26. The van der Waals surface area contributed by atoms with E-state index in [-0.39, 0.29) is 5.96 Å². The third-order valence-electron chi connectivity index (χ3n) is 2.79. The van der Waals surface area contributed by atoms with E-state index in [0.29, 0.717) is 0 Å². The predicted octanol–water partition coefficient (Wildman–Crippen LogP) is 1.31. The number of fused-ring (bicyclic) bond motifs is 1. The molecule has 0 amide bonds. The van der Waals surface area contributed by atoms with Crippen molar-refractivity contribution in [2.45, 2.75) is 26.2 Å². The summed E-state index contributed by atoms with van der Waals surface area (Å²) in [4.78, 5) is 0. The van der Waals surface area contributed by atoms with Crippen LogP contribution in [0.4, 0.5) is 0 Å². The zero-order valence-electron chi connectivity index (χ0n) is 9.40. The molecule has 16 heavy (non-hydrogen) atoms. The lowest BCUT2D eigenvalue weighted by Crippen LogP contribution is -2.22. The Bertz CT molecular complexity index is 456. The summed E-state index contributed by atoms with van der Waals surface area (Å²) in [6.07, 6.45) is 3.15. The van der Waals surface area contributed by atoms with Gasteiger partial charge in [-0.3, -0.25) is 0 Å². The monoisotopic (exact) mass is 216 g/mol. The quantitative estimate of drug-likeness (QED) is 0.422. The SMILES string of the molecule is Cc1cccc2c1/C(=N/N=C(N)N)CCC2. The Hall–Kier alpha value is -1.84. The van der Waals surface area contributed by atoms with Crippen molar-refractivity contribution in [1.82, 2.24) is 0 Å². The van der Waals surface area contributed by atoms with Crippen molar-refractivity contribution in [3.8, 4) is 0 Å². The molecule has 0 spiro atoms. The summed E-state index contributed by atoms with van der Waals surface area (Å²) in [5.41, 5.74) is 15.4. The fourth-order valence-corrected chi connectivity index (χ4v) is 2.14. The summed E-state index contributed by atoms with van der Waals surface area (Å²) >= 11 is 0. The summed E-state index contributed by atoms with van der Waals surface area (Å²) in [7, 11) is 0. The summed E-state index contributed by atoms with van der Waals surface area (Å²) in [5.74, 6) is 0.00760. The summed E-state index contributed by atoms with van der Waals surface area (Å²) in [5, 5.41) is 7.89. The van der Waals surface area contributed by atoms with E-state index in [9.17, 15) is 0 Å². The van der Waals surface area contributed by atoms with E-state index in [0.717, 1.165) is 25.0 Å². The van der Waals surface area contributed by atoms with Crippen molar-refractivity contribution in [2.24, 2.45) is 21.7 Å². The van der Waals surface area contributed by atoms with Crippen LogP contribution in [0.15, 0.2) is 28.4 Å². The third-order valence-corrected chi connectivity index (χ3v) is 2.79. The van der Waals surface area contributed by atoms with Crippen LogP contribution in [0, 0.1) is 6.92 Å². The molecule has 4 heteroatoms. The number of aryl methyl sites for hydroxylation is 2. The van der Waals surface area contributed by atoms with Gasteiger partial charge in [-0.05, 0) is 37.3 Å². The topological polar surface area (TPSA) is 76.8 Å². The molecule has 1 aliphatic carbocycles. The van der Waals surface area contributed by atoms with Crippen LogP contribution in [0.25, 0.3) is 0 Å². The molecule has 0 saturated heterocycles. The highest BCUT2D eigenvalue weighted by Crippen LogP contribution is 2.24. The van der Waals surface area contributed by atoms with Crippen LogP contribution in [0.1, 0.15) is 29.5 Å². The molecule has 4 N–H and O–H groups in total. The molecule has 0 unspecified atom stereocenters. The van der Waals surface area contributed by atoms with E-state index in [4.69, 9.17) is 11.5 Å². The fourth-order valence-electron chi connectivity index (χ4n) is 2.14. The number of nitrogens with two attached hydrogens (primary N) is 2. The van der Waals surface area contributed by atoms with Gasteiger partial charge in [0.25, 0.3) is 0 Å². The van der Waals surface area contributed by atoms with Crippen LogP contribution >= 0.6 is 0 Å². The molecule has 0 atom stereocenters. The molecule has 0 heterocycles. The molecule has 0 bridgehead atoms. The molecule has 0 radical (unpaired) electrons. The second-order valence-electron chi connectivity index (χ2n) is 4.03. The van der Waals surface area contributed by atoms with Crippen LogP contribution in [0.5, 0.6) is 0 Å². The van der Waals surface area contributed by atoms with Gasteiger partial charge in [0.15, 0.2) is 0 Å². The minimum atomic E-state index is 0.00760. The maximum atomic E-state index is 5.29. The summed E-state index contributed by atoms with van der Waals surface area (Å²) in [6.45, 7) is 2.09. The molecule has 2 rings (SSSR count). The lowest BCUT2D eigenvalue weighted by atomic mass is 9.87. The van der Waals surface area contributed by atoms with E-state index < -0.39 is 0 Å². The van der Waals surface area contributed by atoms with Gasteiger partial charge in [0.05, 0.1) is 5.71 Å². The van der Waals surface area contributed by atoms with Crippen molar-refractivity contribution in [1.29, 1.82) is 0 Å². The molecular formula is C12H16N4. The Morgan fingerprint density at radius 1 is 1.25 bits per heavy atom. The average molecular weight is 216 g/mol. The molecule has 4 nitrogen and oxygen atoms in total. The van der Waals surface area contributed by atoms with E-state index in [2.05, 4.69) is 35.3 Å². The van der Waals surface area contributed by atoms with E-state index in [1.807, 2.05) is 0 Å². The molecule has 1 aliphatic rings. The van der Waals surface area contributed by atoms with Gasteiger partial charge >= 0.3 is 0 Å². The van der Waals surface area contributed by atoms with Crippen LogP contribution < -0.4 is 11.5 Å². The zero-order chi connectivity index (χ0) is 11.5. The van der Waals surface area contributed by atoms with E-state index in [1.165, 1.54) is 16.7 Å². The minimum absolute atomic E-state index is 0.00760. The Kier molecular flexibility index (Phi) is 2.90. The zero-order valence-corrected chi connectivity index (χ0v) is 9.40. The molecule has 0 fully saturated rings. The van der Waals surface area contributed by atoms with Crippen molar-refractivity contribution >= 4 is 11.7 Å². The van der Waals surface area contributed by atoms with Gasteiger partial charge in [0.1, 0.15) is 0 Å². The summed E-state index contributed by atoms with van der Waals surface area (Å²) in [6, 6.07) is 6.32. The largest absolute Gasteiger partial charge is 0.369 e. The molecule has 0 aromatic heterocycles. The smallest absolute Gasteiger partial charge is 0.211 e. The summed E-state index contributed by atoms with van der Waals surface area (Å²) < 4.78 is 0. The molecule has 0 aliphatic heterocycles. The van der Waals surface area contributed by atoms with Crippen LogP contribution in [-0.2, 0) is 6.42 Å². The highest BCUT2D eigenvalue weighted by molar-refractivity contribution is 6.04. The van der Waals surface area contributed by atoms with E-state index >= 15 is 0 Å². The van der Waals surface area contributed by atoms with Crippen molar-refractivity contribution < 1.29 is 0 Å². The number of nitrogens with zero attached hydrogens (tertiary/aromatic N) is 2. The van der Waals surface area contributed by atoms with Gasteiger partial charge in [-0.1, -0.05) is 18.2 Å². The Morgan fingerprint density at radius 2 is 2.06 bits per heavy atom. The van der Waals surface area contributed by atoms with Crippen molar-refractivity contribution in [3.63, 3.8) is 0 Å². The van der Waals surface area contributed by atoms with Crippen molar-refractivity contribution in [2.75, 3.05) is 0 Å². The number of hydrogen-bond acceptors (Lipinski definition) is 2. The second kappa shape index (κ2) is 4.35. The van der Waals surface area contributed by atoms with Gasteiger partial charge in [-0.2, -0.15) is 5.10 Å². The number of guanidine groups is 1. The third kappa shape index (κ3) is 2.05. The first kappa shape index (κ1) is 10.7. The van der Waals surface area contributed by atoms with Gasteiger partial charge in [-0.15, -0.1) is 5.10 Å². The lowest BCUT2D eigenvalue weighted by Gasteiger charge is -2.18. The molecule has 84 valence electrons. The first-order chi connectivity index (χ1) is 7.68. The Balaban J connectivity index is 2.47. The normalized spacial score (nSPS) is 16.9. The fraction of sp³-hybridized carbons (Fsp3) is 0.333. The Morgan fingerprint density at radius 3 is 2.81 bits per heavy atom. The standard InChI is InChI=1S/C12H16N4/c1-8-4-2-5-9-6-3-7-10(11(8)9)15-16-12(13)14/h2,4-5H,3,6-7H2,1H3,(H4,13,14,16)/b15-10+. The molecule has 0 saturated carbocycles. The van der Waals surface area contributed by atoms with Gasteiger partial charge in [0, 0.05) is 5.56 Å². The maximum Gasteiger partial charge on any atom is 0.211 e. The highest BCUT2D eigenvalue weighted by atomic mass is 15.3. The van der Waals surface area contributed by atoms with Crippen LogP contribution in [0.3, 0.4) is 0 Å². The first-order valence-electron chi connectivity index (χ1n) is 5.43. The number of benzene rings is 1. The minimum Gasteiger partial charge on any atom is -0.369 e. The lowest BCUT2D eigenvalue weighted by molar-refractivity contribution is 0.832. The number of hydrogen-bond donors (Lipinski definition) is 2. The highest BCUT2D eigenvalue weighted by Gasteiger charge is 2.17. The number of rotatable bonds is 1. The second-order valence-corrected chi connectivity index (χ2v) is 4.03. The van der Waals surface area contributed by atoms with Gasteiger partial charge in [-0.25, -0.2) is 0 Å². The van der Waals surface area contributed by atoms with Crippen molar-refractivity contribution in [3.05, 3.63) is 34.9 Å². The van der Waals surface area contributed by atoms with Crippen LogP contribution in [0.2, 0.25) is 0 Å². The van der Waals surface area contributed by atoms with E-state index in [1.54, 1.807) is 0 Å². The molecule has 1 aromatic rings. The molecular weight excluding hydrogens is 200 g/mol. The predicted molar refractivity (Wildman–Crippen MR) is 66.5 cm³/mol.